The largest absolute Gasteiger partial charge is 0.495 e. The molecule has 29 heavy (non-hydrogen) atoms. The van der Waals surface area contributed by atoms with Crippen LogP contribution in [0.1, 0.15) is 15.9 Å². The first kappa shape index (κ1) is 19.1. The van der Waals surface area contributed by atoms with Gasteiger partial charge in [0.05, 0.1) is 18.3 Å². The summed E-state index contributed by atoms with van der Waals surface area (Å²) in [4.78, 5) is 31.1. The molecule has 1 aliphatic heterocycles. The Morgan fingerprint density at radius 3 is 2.76 bits per heavy atom. The van der Waals surface area contributed by atoms with Crippen LogP contribution < -0.4 is 15.8 Å². The minimum Gasteiger partial charge on any atom is -0.495 e. The van der Waals surface area contributed by atoms with Crippen molar-refractivity contribution in [2.45, 2.75) is 6.54 Å². The van der Waals surface area contributed by atoms with Crippen LogP contribution in [-0.2, 0) is 6.54 Å². The first-order valence-corrected chi connectivity index (χ1v) is 9.55. The highest BCUT2D eigenvalue weighted by Gasteiger charge is 2.21. The molecular weight excluding hydrogens is 372 g/mol. The molecule has 4 rings (SSSR count). The molecule has 1 amide bonds. The standard InChI is InChI=1S/C21H24N4O4/c1-24-8-10-25(11-9-24)20(26)14-6-7-18(28-2)17(12-14)22-13-15-4-3-5-16-19(15)29-21(27)23-16/h3-7,12,22H,8-11,13H2,1-2H3,(H,23,27). The van der Waals surface area contributed by atoms with Crippen molar-refractivity contribution >= 4 is 22.7 Å². The molecule has 8 nitrogen and oxygen atoms in total. The van der Waals surface area contributed by atoms with Gasteiger partial charge in [-0.1, -0.05) is 12.1 Å². The molecule has 3 aromatic rings. The lowest BCUT2D eigenvalue weighted by molar-refractivity contribution is 0.0664. The van der Waals surface area contributed by atoms with Gasteiger partial charge in [-0.2, -0.15) is 0 Å². The summed E-state index contributed by atoms with van der Waals surface area (Å²) in [6.45, 7) is 3.61. The minimum atomic E-state index is -0.482. The number of ether oxygens (including phenoxy) is 1. The van der Waals surface area contributed by atoms with Crippen LogP contribution >= 0.6 is 0 Å². The number of carbonyl (C=O) groups is 1. The highest BCUT2D eigenvalue weighted by Crippen LogP contribution is 2.27. The zero-order valence-electron chi connectivity index (χ0n) is 16.5. The number of aromatic nitrogens is 1. The van der Waals surface area contributed by atoms with E-state index < -0.39 is 5.76 Å². The Bertz CT molecular complexity index is 1080. The van der Waals surface area contributed by atoms with Gasteiger partial charge in [0, 0.05) is 43.9 Å². The molecule has 0 bridgehead atoms. The topological polar surface area (TPSA) is 90.8 Å². The fourth-order valence-corrected chi connectivity index (χ4v) is 3.53. The highest BCUT2D eigenvalue weighted by atomic mass is 16.5. The molecule has 152 valence electrons. The molecule has 1 saturated heterocycles. The predicted octanol–water partition coefficient (Wildman–Crippen LogP) is 2.13. The van der Waals surface area contributed by atoms with Gasteiger partial charge in [-0.3, -0.25) is 9.78 Å². The van der Waals surface area contributed by atoms with Crippen LogP contribution in [0.2, 0.25) is 0 Å². The van der Waals surface area contributed by atoms with Gasteiger partial charge in [0.2, 0.25) is 0 Å². The van der Waals surface area contributed by atoms with E-state index in [1.165, 1.54) is 0 Å². The van der Waals surface area contributed by atoms with Gasteiger partial charge in [-0.25, -0.2) is 4.79 Å². The van der Waals surface area contributed by atoms with Gasteiger partial charge in [0.1, 0.15) is 5.75 Å². The van der Waals surface area contributed by atoms with Crippen molar-refractivity contribution in [3.63, 3.8) is 0 Å². The maximum atomic E-state index is 12.9. The first-order valence-electron chi connectivity index (χ1n) is 9.55. The summed E-state index contributed by atoms with van der Waals surface area (Å²) >= 11 is 0. The number of nitrogens with one attached hydrogen (secondary N) is 2. The second-order valence-electron chi connectivity index (χ2n) is 7.17. The average Bonchev–Trinajstić information content (AvgIpc) is 3.12. The third-order valence-corrected chi connectivity index (χ3v) is 5.23. The number of piperazine rings is 1. The van der Waals surface area contributed by atoms with Crippen molar-refractivity contribution in [2.75, 3.05) is 45.7 Å². The Kier molecular flexibility index (Phi) is 5.26. The van der Waals surface area contributed by atoms with Crippen molar-refractivity contribution in [2.24, 2.45) is 0 Å². The number of carbonyl (C=O) groups excluding carboxylic acids is 1. The number of rotatable bonds is 5. The third kappa shape index (κ3) is 3.97. The van der Waals surface area contributed by atoms with Crippen LogP contribution in [0.3, 0.4) is 0 Å². The van der Waals surface area contributed by atoms with Gasteiger partial charge in [0.15, 0.2) is 5.58 Å². The average molecular weight is 396 g/mol. The number of anilines is 1. The van der Waals surface area contributed by atoms with E-state index in [4.69, 9.17) is 9.15 Å². The molecule has 0 atom stereocenters. The number of H-pyrrole nitrogens is 1. The zero-order chi connectivity index (χ0) is 20.4. The molecule has 1 aliphatic rings. The smallest absolute Gasteiger partial charge is 0.417 e. The molecule has 2 N–H and O–H groups in total. The fraction of sp³-hybridized carbons (Fsp3) is 0.333. The predicted molar refractivity (Wildman–Crippen MR) is 111 cm³/mol. The van der Waals surface area contributed by atoms with Crippen molar-refractivity contribution in [3.8, 4) is 5.75 Å². The van der Waals surface area contributed by atoms with Gasteiger partial charge < -0.3 is 24.3 Å². The summed E-state index contributed by atoms with van der Waals surface area (Å²) in [7, 11) is 3.65. The Morgan fingerprint density at radius 2 is 2.00 bits per heavy atom. The summed E-state index contributed by atoms with van der Waals surface area (Å²) in [5.41, 5.74) is 3.33. The van der Waals surface area contributed by atoms with Crippen LogP contribution in [-0.4, -0.2) is 61.0 Å². The molecular formula is C21H24N4O4. The van der Waals surface area contributed by atoms with Crippen LogP contribution in [0.15, 0.2) is 45.6 Å². The van der Waals surface area contributed by atoms with Gasteiger partial charge in [-0.05, 0) is 31.3 Å². The van der Waals surface area contributed by atoms with E-state index in [1.54, 1.807) is 25.3 Å². The molecule has 0 saturated carbocycles. The monoisotopic (exact) mass is 396 g/mol. The van der Waals surface area contributed by atoms with Crippen LogP contribution in [0, 0.1) is 0 Å². The van der Waals surface area contributed by atoms with E-state index in [0.717, 1.165) is 31.7 Å². The number of benzene rings is 2. The molecule has 0 aliphatic carbocycles. The number of nitrogens with zero attached hydrogens (tertiary/aromatic N) is 2. The number of para-hydroxylation sites is 1. The molecule has 2 aromatic carbocycles. The zero-order valence-corrected chi connectivity index (χ0v) is 16.5. The maximum absolute atomic E-state index is 12.9. The second-order valence-corrected chi connectivity index (χ2v) is 7.17. The molecule has 8 heteroatoms. The van der Waals surface area contributed by atoms with Crippen molar-refractivity contribution in [1.29, 1.82) is 0 Å². The Morgan fingerprint density at radius 1 is 1.21 bits per heavy atom. The quantitative estimate of drug-likeness (QED) is 0.687. The Balaban J connectivity index is 1.55. The Labute approximate surface area is 168 Å². The van der Waals surface area contributed by atoms with E-state index in [1.807, 2.05) is 23.1 Å². The lowest BCUT2D eigenvalue weighted by Crippen LogP contribution is -2.47. The summed E-state index contributed by atoms with van der Waals surface area (Å²) in [6, 6.07) is 10.9. The SMILES string of the molecule is COc1ccc(C(=O)N2CCN(C)CC2)cc1NCc1cccc2[nH]c(=O)oc12. The third-order valence-electron chi connectivity index (χ3n) is 5.23. The van der Waals surface area contributed by atoms with Crippen LogP contribution in [0.4, 0.5) is 5.69 Å². The molecule has 1 aromatic heterocycles. The summed E-state index contributed by atoms with van der Waals surface area (Å²) in [6.07, 6.45) is 0. The number of amides is 1. The minimum absolute atomic E-state index is 0.0162. The van der Waals surface area contributed by atoms with Gasteiger partial charge in [-0.15, -0.1) is 0 Å². The molecule has 2 heterocycles. The number of oxazole rings is 1. The molecule has 0 spiro atoms. The molecule has 0 radical (unpaired) electrons. The summed E-state index contributed by atoms with van der Waals surface area (Å²) < 4.78 is 10.7. The van der Waals surface area contributed by atoms with Crippen LogP contribution in [0.5, 0.6) is 5.75 Å². The lowest BCUT2D eigenvalue weighted by atomic mass is 10.1. The highest BCUT2D eigenvalue weighted by molar-refractivity contribution is 5.95. The Hall–Kier alpha value is -3.26. The van der Waals surface area contributed by atoms with E-state index in [-0.39, 0.29) is 5.91 Å². The second kappa shape index (κ2) is 8.00. The van der Waals surface area contributed by atoms with E-state index in [0.29, 0.717) is 34.6 Å². The normalized spacial score (nSPS) is 14.9. The summed E-state index contributed by atoms with van der Waals surface area (Å²) in [5, 5.41) is 3.31. The lowest BCUT2D eigenvalue weighted by Gasteiger charge is -2.32. The van der Waals surface area contributed by atoms with E-state index in [2.05, 4.69) is 22.2 Å². The van der Waals surface area contributed by atoms with Crippen molar-refractivity contribution < 1.29 is 13.9 Å². The molecule has 1 fully saturated rings. The van der Waals surface area contributed by atoms with Crippen molar-refractivity contribution in [1.82, 2.24) is 14.8 Å². The fourth-order valence-electron chi connectivity index (χ4n) is 3.53. The number of hydrogen-bond acceptors (Lipinski definition) is 6. The van der Waals surface area contributed by atoms with Crippen LogP contribution in [0.25, 0.3) is 11.1 Å². The van der Waals surface area contributed by atoms with Gasteiger partial charge in [0.25, 0.3) is 5.91 Å². The number of fused-ring (bicyclic) bond motifs is 1. The number of likely N-dealkylation sites (N-methyl/N-ethyl adjacent to an activating group) is 1. The van der Waals surface area contributed by atoms with E-state index >= 15 is 0 Å². The van der Waals surface area contributed by atoms with Gasteiger partial charge >= 0.3 is 5.76 Å². The van der Waals surface area contributed by atoms with E-state index in [9.17, 15) is 9.59 Å². The number of methoxy groups -OCH3 is 1. The molecule has 0 unspecified atom stereocenters. The number of hydrogen-bond donors (Lipinski definition) is 2. The summed E-state index contributed by atoms with van der Waals surface area (Å²) in [5.74, 6) is 0.176. The first-order chi connectivity index (χ1) is 14.0. The maximum Gasteiger partial charge on any atom is 0.417 e. The van der Waals surface area contributed by atoms with Crippen molar-refractivity contribution in [3.05, 3.63) is 58.1 Å². The number of aromatic amines is 1.